The van der Waals surface area contributed by atoms with E-state index >= 15 is 0 Å². The maximum absolute atomic E-state index is 11.3. The SMILES string of the molecule is Cc1nc2c(-c3cccc(Cl)c3)cc(Cc3ccc(N4CC[C@@H]4C(=O)O)nc3)cc2s1.Cl. The van der Waals surface area contributed by atoms with E-state index in [1.807, 2.05) is 48.4 Å². The van der Waals surface area contributed by atoms with Gasteiger partial charge in [-0.15, -0.1) is 23.7 Å². The zero-order chi connectivity index (χ0) is 21.5. The summed E-state index contributed by atoms with van der Waals surface area (Å²) < 4.78 is 1.15. The third-order valence-corrected chi connectivity index (χ3v) is 6.77. The molecule has 1 fully saturated rings. The molecule has 5 nitrogen and oxygen atoms in total. The van der Waals surface area contributed by atoms with Gasteiger partial charge in [-0.1, -0.05) is 29.8 Å². The van der Waals surface area contributed by atoms with Gasteiger partial charge in [-0.3, -0.25) is 0 Å². The van der Waals surface area contributed by atoms with Gasteiger partial charge in [-0.2, -0.15) is 0 Å². The zero-order valence-corrected chi connectivity index (χ0v) is 19.7. The summed E-state index contributed by atoms with van der Waals surface area (Å²) in [5.41, 5.74) is 5.38. The van der Waals surface area contributed by atoms with Gasteiger partial charge in [0.1, 0.15) is 11.9 Å². The number of benzene rings is 2. The quantitative estimate of drug-likeness (QED) is 0.375. The van der Waals surface area contributed by atoms with Gasteiger partial charge in [0.25, 0.3) is 0 Å². The van der Waals surface area contributed by atoms with Crippen LogP contribution in [0.1, 0.15) is 22.6 Å². The highest BCUT2D eigenvalue weighted by molar-refractivity contribution is 7.18. The Balaban J connectivity index is 0.00000245. The highest BCUT2D eigenvalue weighted by Crippen LogP contribution is 2.35. The molecule has 4 aromatic rings. The van der Waals surface area contributed by atoms with E-state index < -0.39 is 12.0 Å². The molecule has 1 saturated heterocycles. The van der Waals surface area contributed by atoms with Gasteiger partial charge < -0.3 is 10.0 Å². The number of nitrogens with zero attached hydrogens (tertiary/aromatic N) is 3. The molecule has 0 bridgehead atoms. The Morgan fingerprint density at radius 2 is 2.06 bits per heavy atom. The smallest absolute Gasteiger partial charge is 0.326 e. The first-order valence-electron chi connectivity index (χ1n) is 10.1. The number of carboxylic acids is 1. The Labute approximate surface area is 201 Å². The summed E-state index contributed by atoms with van der Waals surface area (Å²) in [6, 6.07) is 15.7. The Kier molecular flexibility index (Phi) is 6.38. The average Bonchev–Trinajstić information content (AvgIpc) is 3.07. The van der Waals surface area contributed by atoms with Crippen LogP contribution >= 0.6 is 35.3 Å². The Morgan fingerprint density at radius 3 is 2.72 bits per heavy atom. The summed E-state index contributed by atoms with van der Waals surface area (Å²) in [7, 11) is 0. The Morgan fingerprint density at radius 1 is 1.22 bits per heavy atom. The maximum atomic E-state index is 11.3. The highest BCUT2D eigenvalue weighted by Gasteiger charge is 2.34. The number of halogens is 2. The van der Waals surface area contributed by atoms with Crippen molar-refractivity contribution in [1.82, 2.24) is 9.97 Å². The second-order valence-corrected chi connectivity index (χ2v) is 9.44. The molecule has 3 heterocycles. The van der Waals surface area contributed by atoms with Crippen molar-refractivity contribution in [3.05, 3.63) is 75.9 Å². The minimum atomic E-state index is -0.793. The van der Waals surface area contributed by atoms with Crippen LogP contribution in [0.5, 0.6) is 0 Å². The van der Waals surface area contributed by atoms with E-state index in [9.17, 15) is 9.90 Å². The minimum Gasteiger partial charge on any atom is -0.480 e. The molecule has 0 unspecified atom stereocenters. The number of aryl methyl sites for hydroxylation is 1. The fourth-order valence-electron chi connectivity index (χ4n) is 4.02. The molecule has 2 aromatic heterocycles. The van der Waals surface area contributed by atoms with Crippen LogP contribution in [0.2, 0.25) is 5.02 Å². The highest BCUT2D eigenvalue weighted by atomic mass is 35.5. The second-order valence-electron chi connectivity index (χ2n) is 7.77. The summed E-state index contributed by atoms with van der Waals surface area (Å²) in [5.74, 6) is -0.0747. The van der Waals surface area contributed by atoms with Crippen molar-refractivity contribution < 1.29 is 9.90 Å². The lowest BCUT2D eigenvalue weighted by atomic mass is 9.98. The first-order chi connectivity index (χ1) is 15.0. The molecule has 0 saturated carbocycles. The van der Waals surface area contributed by atoms with E-state index in [4.69, 9.17) is 16.6 Å². The molecule has 2 aromatic carbocycles. The van der Waals surface area contributed by atoms with E-state index in [1.54, 1.807) is 11.3 Å². The number of carboxylic acid groups (broad SMARTS) is 1. The molecular weight excluding hydrogens is 465 g/mol. The van der Waals surface area contributed by atoms with E-state index in [0.717, 1.165) is 50.7 Å². The number of hydrogen-bond donors (Lipinski definition) is 1. The molecule has 0 radical (unpaired) electrons. The second kappa shape index (κ2) is 9.06. The molecule has 1 atom stereocenters. The third-order valence-electron chi connectivity index (χ3n) is 5.61. The number of hydrogen-bond acceptors (Lipinski definition) is 5. The van der Waals surface area contributed by atoms with Crippen molar-refractivity contribution in [2.45, 2.75) is 25.8 Å². The standard InChI is InChI=1S/C24H20ClN3O2S.ClH/c1-14-27-23-19(17-3-2-4-18(25)12-17)10-16(11-21(23)31-14)9-15-5-6-22(26-13-15)28-8-7-20(28)24(29)30;/h2-6,10-13,20H,7-9H2,1H3,(H,29,30);1H/t20-;/m1./s1. The third kappa shape index (κ3) is 4.31. The maximum Gasteiger partial charge on any atom is 0.326 e. The number of thiazole rings is 1. The molecule has 1 aliphatic heterocycles. The average molecular weight is 486 g/mol. The normalized spacial score (nSPS) is 15.3. The first-order valence-corrected chi connectivity index (χ1v) is 11.3. The monoisotopic (exact) mass is 485 g/mol. The zero-order valence-electron chi connectivity index (χ0n) is 17.3. The molecule has 1 aliphatic rings. The van der Waals surface area contributed by atoms with Crippen molar-refractivity contribution in [3.63, 3.8) is 0 Å². The van der Waals surface area contributed by atoms with Gasteiger partial charge in [0.2, 0.25) is 0 Å². The summed E-state index contributed by atoms with van der Waals surface area (Å²) in [5, 5.41) is 11.0. The number of anilines is 1. The summed E-state index contributed by atoms with van der Waals surface area (Å²) >= 11 is 7.93. The lowest BCUT2D eigenvalue weighted by molar-refractivity contribution is -0.140. The van der Waals surface area contributed by atoms with Crippen LogP contribution in [-0.2, 0) is 11.2 Å². The summed E-state index contributed by atoms with van der Waals surface area (Å²) in [6.45, 7) is 2.75. The number of pyridine rings is 1. The summed E-state index contributed by atoms with van der Waals surface area (Å²) in [6.07, 6.45) is 3.24. The van der Waals surface area contributed by atoms with Crippen molar-refractivity contribution in [2.24, 2.45) is 0 Å². The lowest BCUT2D eigenvalue weighted by Crippen LogP contribution is -2.52. The van der Waals surface area contributed by atoms with Crippen molar-refractivity contribution >= 4 is 57.3 Å². The van der Waals surface area contributed by atoms with Crippen LogP contribution in [0.4, 0.5) is 5.82 Å². The number of fused-ring (bicyclic) bond motifs is 1. The number of aliphatic carboxylic acids is 1. The van der Waals surface area contributed by atoms with Crippen LogP contribution < -0.4 is 4.90 Å². The summed E-state index contributed by atoms with van der Waals surface area (Å²) in [4.78, 5) is 22.4. The number of aromatic nitrogens is 2. The van der Waals surface area contributed by atoms with Crippen LogP contribution in [0.25, 0.3) is 21.3 Å². The van der Waals surface area contributed by atoms with Gasteiger partial charge >= 0.3 is 5.97 Å². The van der Waals surface area contributed by atoms with E-state index in [2.05, 4.69) is 23.2 Å². The molecule has 5 rings (SSSR count). The predicted molar refractivity (Wildman–Crippen MR) is 132 cm³/mol. The lowest BCUT2D eigenvalue weighted by Gasteiger charge is -2.38. The van der Waals surface area contributed by atoms with E-state index in [1.165, 1.54) is 5.56 Å². The molecular formula is C24H21Cl2N3O2S. The molecule has 32 heavy (non-hydrogen) atoms. The van der Waals surface area contributed by atoms with Crippen molar-refractivity contribution in [1.29, 1.82) is 0 Å². The molecule has 8 heteroatoms. The van der Waals surface area contributed by atoms with Crippen molar-refractivity contribution in [3.8, 4) is 11.1 Å². The molecule has 1 N–H and O–H groups in total. The Bertz CT molecular complexity index is 1290. The van der Waals surface area contributed by atoms with E-state index in [-0.39, 0.29) is 12.4 Å². The molecule has 0 spiro atoms. The van der Waals surface area contributed by atoms with Crippen LogP contribution in [0.3, 0.4) is 0 Å². The van der Waals surface area contributed by atoms with Gasteiger partial charge in [0, 0.05) is 23.3 Å². The molecule has 164 valence electrons. The fourth-order valence-corrected chi connectivity index (χ4v) is 5.13. The largest absolute Gasteiger partial charge is 0.480 e. The van der Waals surface area contributed by atoms with Gasteiger partial charge in [0.15, 0.2) is 0 Å². The van der Waals surface area contributed by atoms with Gasteiger partial charge in [-0.05, 0) is 66.8 Å². The first kappa shape index (κ1) is 22.5. The predicted octanol–water partition coefficient (Wildman–Crippen LogP) is 6.00. The van der Waals surface area contributed by atoms with Crippen LogP contribution in [0.15, 0.2) is 54.7 Å². The molecule has 0 aliphatic carbocycles. The van der Waals surface area contributed by atoms with Crippen molar-refractivity contribution in [2.75, 3.05) is 11.4 Å². The van der Waals surface area contributed by atoms with Gasteiger partial charge in [-0.25, -0.2) is 14.8 Å². The van der Waals surface area contributed by atoms with Gasteiger partial charge in [0.05, 0.1) is 15.2 Å². The topological polar surface area (TPSA) is 66.3 Å². The minimum absolute atomic E-state index is 0. The number of rotatable bonds is 5. The van der Waals surface area contributed by atoms with E-state index in [0.29, 0.717) is 11.4 Å². The van der Waals surface area contributed by atoms with Crippen LogP contribution in [-0.4, -0.2) is 33.6 Å². The van der Waals surface area contributed by atoms with Crippen LogP contribution in [0, 0.1) is 6.92 Å². The Hall–Kier alpha value is -2.67. The fraction of sp³-hybridized carbons (Fsp3) is 0.208. The molecule has 0 amide bonds. The number of carbonyl (C=O) groups is 1.